The van der Waals surface area contributed by atoms with Gasteiger partial charge in [-0.15, -0.1) is 0 Å². The SMILES string of the molecule is CCOc1ncccc1C(=O)Nc1ccc(N2CCSCC2)c(Cl)c1. The summed E-state index contributed by atoms with van der Waals surface area (Å²) in [6.07, 6.45) is 1.60. The molecule has 1 aliphatic rings. The molecule has 3 rings (SSSR count). The van der Waals surface area contributed by atoms with Crippen LogP contribution in [0, 0.1) is 0 Å². The lowest BCUT2D eigenvalue weighted by molar-refractivity contribution is 0.102. The van der Waals surface area contributed by atoms with Gasteiger partial charge in [0.2, 0.25) is 5.88 Å². The van der Waals surface area contributed by atoms with Crippen LogP contribution in [0.3, 0.4) is 0 Å². The van der Waals surface area contributed by atoms with Crippen molar-refractivity contribution in [1.82, 2.24) is 4.98 Å². The lowest BCUT2D eigenvalue weighted by Crippen LogP contribution is -2.32. The van der Waals surface area contributed by atoms with E-state index < -0.39 is 0 Å². The van der Waals surface area contributed by atoms with Crippen molar-refractivity contribution < 1.29 is 9.53 Å². The second-order valence-corrected chi connectivity index (χ2v) is 7.14. The Balaban J connectivity index is 1.75. The number of hydrogen-bond acceptors (Lipinski definition) is 5. The summed E-state index contributed by atoms with van der Waals surface area (Å²) >= 11 is 8.39. The highest BCUT2D eigenvalue weighted by Crippen LogP contribution is 2.31. The second-order valence-electron chi connectivity index (χ2n) is 5.51. The van der Waals surface area contributed by atoms with Crippen LogP contribution >= 0.6 is 23.4 Å². The number of carbonyl (C=O) groups is 1. The number of nitrogens with zero attached hydrogens (tertiary/aromatic N) is 2. The summed E-state index contributed by atoms with van der Waals surface area (Å²) in [5.74, 6) is 2.28. The van der Waals surface area contributed by atoms with Gasteiger partial charge < -0.3 is 15.0 Å². The van der Waals surface area contributed by atoms with Crippen molar-refractivity contribution in [3.05, 3.63) is 47.1 Å². The maximum atomic E-state index is 12.5. The van der Waals surface area contributed by atoms with Crippen LogP contribution in [0.15, 0.2) is 36.5 Å². The average molecular weight is 378 g/mol. The van der Waals surface area contributed by atoms with Gasteiger partial charge in [-0.3, -0.25) is 4.79 Å². The summed E-state index contributed by atoms with van der Waals surface area (Å²) in [4.78, 5) is 18.9. The third-order valence-electron chi connectivity index (χ3n) is 3.85. The van der Waals surface area contributed by atoms with Crippen LogP contribution in [0.4, 0.5) is 11.4 Å². The maximum absolute atomic E-state index is 12.5. The molecule has 1 aliphatic heterocycles. The van der Waals surface area contributed by atoms with E-state index >= 15 is 0 Å². The van der Waals surface area contributed by atoms with Gasteiger partial charge in [-0.25, -0.2) is 4.98 Å². The summed E-state index contributed by atoms with van der Waals surface area (Å²) < 4.78 is 5.41. The first kappa shape index (κ1) is 17.9. The number of amides is 1. The van der Waals surface area contributed by atoms with Gasteiger partial charge in [0.05, 0.1) is 17.3 Å². The fourth-order valence-electron chi connectivity index (χ4n) is 2.66. The zero-order chi connectivity index (χ0) is 17.6. The lowest BCUT2D eigenvalue weighted by Gasteiger charge is -2.29. The van der Waals surface area contributed by atoms with Gasteiger partial charge in [0.1, 0.15) is 5.56 Å². The minimum atomic E-state index is -0.269. The van der Waals surface area contributed by atoms with Crippen molar-refractivity contribution in [2.45, 2.75) is 6.92 Å². The summed E-state index contributed by atoms with van der Waals surface area (Å²) in [5.41, 5.74) is 2.06. The van der Waals surface area contributed by atoms with Crippen molar-refractivity contribution >= 4 is 40.6 Å². The number of aromatic nitrogens is 1. The van der Waals surface area contributed by atoms with E-state index in [1.807, 2.05) is 30.8 Å². The lowest BCUT2D eigenvalue weighted by atomic mass is 10.2. The Labute approximate surface area is 156 Å². The zero-order valence-electron chi connectivity index (χ0n) is 14.0. The molecule has 2 heterocycles. The molecule has 1 aromatic heterocycles. The van der Waals surface area contributed by atoms with Crippen molar-refractivity contribution in [1.29, 1.82) is 0 Å². The van der Waals surface area contributed by atoms with Gasteiger partial charge in [-0.05, 0) is 37.3 Å². The molecule has 0 atom stereocenters. The summed E-state index contributed by atoms with van der Waals surface area (Å²) in [7, 11) is 0. The first-order valence-electron chi connectivity index (χ1n) is 8.20. The largest absolute Gasteiger partial charge is 0.477 e. The Kier molecular flexibility index (Phi) is 6.04. The minimum absolute atomic E-state index is 0.269. The summed E-state index contributed by atoms with van der Waals surface area (Å²) in [6.45, 7) is 4.28. The van der Waals surface area contributed by atoms with E-state index in [2.05, 4.69) is 15.2 Å². The molecular weight excluding hydrogens is 358 g/mol. The number of hydrogen-bond donors (Lipinski definition) is 1. The van der Waals surface area contributed by atoms with E-state index in [9.17, 15) is 4.79 Å². The van der Waals surface area contributed by atoms with E-state index in [1.165, 1.54) is 0 Å². The number of rotatable bonds is 5. The molecule has 1 amide bonds. The fourth-order valence-corrected chi connectivity index (χ4v) is 3.86. The molecule has 1 fully saturated rings. The van der Waals surface area contributed by atoms with Crippen LogP contribution in [0.5, 0.6) is 5.88 Å². The quantitative estimate of drug-likeness (QED) is 0.855. The third kappa shape index (κ3) is 4.38. The van der Waals surface area contributed by atoms with Crippen LogP contribution in [0.1, 0.15) is 17.3 Å². The fraction of sp³-hybridized carbons (Fsp3) is 0.333. The Morgan fingerprint density at radius 3 is 2.88 bits per heavy atom. The number of carbonyl (C=O) groups excluding carboxylic acids is 1. The molecular formula is C18H20ClN3O2S. The van der Waals surface area contributed by atoms with Gasteiger partial charge in [0, 0.05) is 36.5 Å². The van der Waals surface area contributed by atoms with Crippen molar-refractivity contribution in [2.24, 2.45) is 0 Å². The number of anilines is 2. The standard InChI is InChI=1S/C18H20ClN3O2S/c1-2-24-18-14(4-3-7-20-18)17(23)21-13-5-6-16(15(19)12-13)22-8-10-25-11-9-22/h3-7,12H,2,8-11H2,1H3,(H,21,23). The number of nitrogens with one attached hydrogen (secondary N) is 1. The smallest absolute Gasteiger partial charge is 0.261 e. The Hall–Kier alpha value is -1.92. The van der Waals surface area contributed by atoms with E-state index in [0.29, 0.717) is 28.8 Å². The average Bonchev–Trinajstić information content (AvgIpc) is 2.63. The molecule has 1 aromatic carbocycles. The van der Waals surface area contributed by atoms with Crippen molar-refractivity contribution in [2.75, 3.05) is 41.4 Å². The first-order chi connectivity index (χ1) is 12.2. The van der Waals surface area contributed by atoms with E-state index in [-0.39, 0.29) is 5.91 Å². The topological polar surface area (TPSA) is 54.5 Å². The molecule has 0 aliphatic carbocycles. The molecule has 2 aromatic rings. The highest BCUT2D eigenvalue weighted by molar-refractivity contribution is 7.99. The third-order valence-corrected chi connectivity index (χ3v) is 5.10. The van der Waals surface area contributed by atoms with Gasteiger partial charge in [-0.2, -0.15) is 11.8 Å². The predicted octanol–water partition coefficient (Wildman–Crippen LogP) is 3.94. The molecule has 0 bridgehead atoms. The molecule has 0 saturated carbocycles. The maximum Gasteiger partial charge on any atom is 0.261 e. The molecule has 132 valence electrons. The van der Waals surface area contributed by atoms with Gasteiger partial charge >= 0.3 is 0 Å². The number of ether oxygens (including phenoxy) is 1. The molecule has 25 heavy (non-hydrogen) atoms. The zero-order valence-corrected chi connectivity index (χ0v) is 15.6. The van der Waals surface area contributed by atoms with Crippen LogP contribution < -0.4 is 15.0 Å². The Morgan fingerprint density at radius 1 is 1.36 bits per heavy atom. The molecule has 1 N–H and O–H groups in total. The van der Waals surface area contributed by atoms with Crippen LogP contribution in [-0.4, -0.2) is 42.1 Å². The molecule has 0 spiro atoms. The molecule has 0 radical (unpaired) electrons. The van der Waals surface area contributed by atoms with Gasteiger partial charge in [0.25, 0.3) is 5.91 Å². The molecule has 7 heteroatoms. The van der Waals surface area contributed by atoms with Crippen molar-refractivity contribution in [3.8, 4) is 5.88 Å². The van der Waals surface area contributed by atoms with E-state index in [1.54, 1.807) is 24.4 Å². The summed E-state index contributed by atoms with van der Waals surface area (Å²) in [5, 5.41) is 3.50. The van der Waals surface area contributed by atoms with Crippen molar-refractivity contribution in [3.63, 3.8) is 0 Å². The van der Waals surface area contributed by atoms with Crippen LogP contribution in [-0.2, 0) is 0 Å². The number of halogens is 1. The predicted molar refractivity (Wildman–Crippen MR) is 104 cm³/mol. The molecule has 0 unspecified atom stereocenters. The van der Waals surface area contributed by atoms with Gasteiger partial charge in [-0.1, -0.05) is 11.6 Å². The number of thioether (sulfide) groups is 1. The summed E-state index contributed by atoms with van der Waals surface area (Å²) in [6, 6.07) is 9.02. The van der Waals surface area contributed by atoms with E-state index in [4.69, 9.17) is 16.3 Å². The highest BCUT2D eigenvalue weighted by atomic mass is 35.5. The highest BCUT2D eigenvalue weighted by Gasteiger charge is 2.16. The van der Waals surface area contributed by atoms with Gasteiger partial charge in [0.15, 0.2) is 0 Å². The van der Waals surface area contributed by atoms with Crippen LogP contribution in [0.2, 0.25) is 5.02 Å². The monoisotopic (exact) mass is 377 g/mol. The van der Waals surface area contributed by atoms with E-state index in [0.717, 1.165) is 30.3 Å². The number of pyridine rings is 1. The normalized spacial score (nSPS) is 14.2. The molecule has 5 nitrogen and oxygen atoms in total. The Bertz CT molecular complexity index is 751. The molecule has 1 saturated heterocycles. The first-order valence-corrected chi connectivity index (χ1v) is 9.73. The second kappa shape index (κ2) is 8.45. The van der Waals surface area contributed by atoms with Crippen LogP contribution in [0.25, 0.3) is 0 Å². The number of benzene rings is 1. The Morgan fingerprint density at radius 2 is 2.16 bits per heavy atom. The minimum Gasteiger partial charge on any atom is -0.477 e.